The molecule has 0 radical (unpaired) electrons. The van der Waals surface area contributed by atoms with E-state index in [0.717, 1.165) is 6.20 Å². The van der Waals surface area contributed by atoms with E-state index in [1.807, 2.05) is 0 Å². The number of rotatable bonds is 2. The van der Waals surface area contributed by atoms with E-state index in [0.29, 0.717) is 5.56 Å². The average molecular weight is 245 g/mol. The summed E-state index contributed by atoms with van der Waals surface area (Å²) in [6.45, 7) is 0. The standard InChI is InChI=1S/C12H14F3NO/c13-10-5-9(6-16-7-10)11(17)8-1-3-12(14,15)4-2-8/h5-8,11,17H,1-4H2. The smallest absolute Gasteiger partial charge is 0.248 e. The number of halogens is 3. The van der Waals surface area contributed by atoms with Gasteiger partial charge >= 0.3 is 0 Å². The second kappa shape index (κ2) is 4.64. The van der Waals surface area contributed by atoms with Crippen molar-refractivity contribution in [3.05, 3.63) is 29.8 Å². The highest BCUT2D eigenvalue weighted by Gasteiger charge is 2.37. The fourth-order valence-electron chi connectivity index (χ4n) is 2.24. The molecule has 1 atom stereocenters. The molecule has 1 saturated carbocycles. The molecule has 0 aliphatic heterocycles. The van der Waals surface area contributed by atoms with Crippen LogP contribution in [0, 0.1) is 11.7 Å². The molecule has 94 valence electrons. The van der Waals surface area contributed by atoms with E-state index in [1.54, 1.807) is 0 Å². The summed E-state index contributed by atoms with van der Waals surface area (Å²) in [6, 6.07) is 1.20. The van der Waals surface area contributed by atoms with Gasteiger partial charge in [0, 0.05) is 24.6 Å². The summed E-state index contributed by atoms with van der Waals surface area (Å²) in [7, 11) is 0. The molecule has 5 heteroatoms. The van der Waals surface area contributed by atoms with Crippen LogP contribution in [0.25, 0.3) is 0 Å². The van der Waals surface area contributed by atoms with Gasteiger partial charge in [0.15, 0.2) is 0 Å². The predicted molar refractivity (Wildman–Crippen MR) is 56.1 cm³/mol. The Hall–Kier alpha value is -1.10. The molecule has 1 heterocycles. The molecule has 0 amide bonds. The second-order valence-electron chi connectivity index (χ2n) is 4.57. The lowest BCUT2D eigenvalue weighted by Gasteiger charge is -2.31. The maximum Gasteiger partial charge on any atom is 0.248 e. The maximum absolute atomic E-state index is 13.0. The summed E-state index contributed by atoms with van der Waals surface area (Å²) in [5.74, 6) is -3.38. The first-order valence-electron chi connectivity index (χ1n) is 5.64. The van der Waals surface area contributed by atoms with Crippen LogP contribution in [0.15, 0.2) is 18.5 Å². The van der Waals surface area contributed by atoms with Crippen molar-refractivity contribution < 1.29 is 18.3 Å². The number of aromatic nitrogens is 1. The van der Waals surface area contributed by atoms with Gasteiger partial charge in [-0.25, -0.2) is 13.2 Å². The lowest BCUT2D eigenvalue weighted by atomic mass is 9.81. The summed E-state index contributed by atoms with van der Waals surface area (Å²) in [5, 5.41) is 9.99. The van der Waals surface area contributed by atoms with Crippen LogP contribution in [0.5, 0.6) is 0 Å². The van der Waals surface area contributed by atoms with Gasteiger partial charge in [0.2, 0.25) is 5.92 Å². The molecule has 1 fully saturated rings. The van der Waals surface area contributed by atoms with Gasteiger partial charge in [0.05, 0.1) is 12.3 Å². The Labute approximate surface area is 97.5 Å². The third kappa shape index (κ3) is 2.97. The third-order valence-corrected chi connectivity index (χ3v) is 3.28. The third-order valence-electron chi connectivity index (χ3n) is 3.28. The summed E-state index contributed by atoms with van der Waals surface area (Å²) in [5.41, 5.74) is 0.361. The summed E-state index contributed by atoms with van der Waals surface area (Å²) in [4.78, 5) is 3.65. The number of nitrogens with zero attached hydrogens (tertiary/aromatic N) is 1. The summed E-state index contributed by atoms with van der Waals surface area (Å²) in [6.07, 6.45) is 1.60. The minimum Gasteiger partial charge on any atom is -0.388 e. The molecule has 2 rings (SSSR count). The Bertz CT molecular complexity index is 387. The number of aliphatic hydroxyl groups is 1. The zero-order valence-electron chi connectivity index (χ0n) is 9.24. The van der Waals surface area contributed by atoms with Crippen molar-refractivity contribution in [2.75, 3.05) is 0 Å². The molecule has 0 spiro atoms. The minimum absolute atomic E-state index is 0.211. The molecule has 1 unspecified atom stereocenters. The first-order chi connectivity index (χ1) is 7.98. The normalized spacial score (nSPS) is 22.4. The molecule has 1 aliphatic carbocycles. The van der Waals surface area contributed by atoms with E-state index in [1.165, 1.54) is 12.3 Å². The van der Waals surface area contributed by atoms with Gasteiger partial charge in [0.1, 0.15) is 5.82 Å². The quantitative estimate of drug-likeness (QED) is 0.868. The molecule has 0 saturated heterocycles. The Morgan fingerprint density at radius 1 is 1.29 bits per heavy atom. The SMILES string of the molecule is OC(c1cncc(F)c1)C1CCC(F)(F)CC1. The Balaban J connectivity index is 2.04. The van der Waals surface area contributed by atoms with Crippen molar-refractivity contribution in [1.82, 2.24) is 4.98 Å². The fraction of sp³-hybridized carbons (Fsp3) is 0.583. The van der Waals surface area contributed by atoms with Crippen LogP contribution >= 0.6 is 0 Å². The van der Waals surface area contributed by atoms with Gasteiger partial charge in [-0.3, -0.25) is 4.98 Å². The van der Waals surface area contributed by atoms with Gasteiger partial charge < -0.3 is 5.11 Å². The van der Waals surface area contributed by atoms with Gasteiger partial charge in [-0.2, -0.15) is 0 Å². The zero-order chi connectivity index (χ0) is 12.5. The maximum atomic E-state index is 13.0. The van der Waals surface area contributed by atoms with Gasteiger partial charge in [-0.1, -0.05) is 0 Å². The first kappa shape index (κ1) is 12.4. The van der Waals surface area contributed by atoms with E-state index < -0.39 is 17.8 Å². The van der Waals surface area contributed by atoms with Gasteiger partial charge in [0.25, 0.3) is 0 Å². The second-order valence-corrected chi connectivity index (χ2v) is 4.57. The Morgan fingerprint density at radius 3 is 2.53 bits per heavy atom. The summed E-state index contributed by atoms with van der Waals surface area (Å²) < 4.78 is 38.8. The van der Waals surface area contributed by atoms with Crippen molar-refractivity contribution in [2.45, 2.75) is 37.7 Å². The van der Waals surface area contributed by atoms with E-state index >= 15 is 0 Å². The van der Waals surface area contributed by atoms with Crippen LogP contribution in [0.4, 0.5) is 13.2 Å². The van der Waals surface area contributed by atoms with E-state index in [9.17, 15) is 18.3 Å². The number of hydrogen-bond acceptors (Lipinski definition) is 2. The van der Waals surface area contributed by atoms with Crippen molar-refractivity contribution in [3.8, 4) is 0 Å². The lowest BCUT2D eigenvalue weighted by molar-refractivity contribution is -0.0627. The number of aliphatic hydroxyl groups excluding tert-OH is 1. The first-order valence-corrected chi connectivity index (χ1v) is 5.64. The van der Waals surface area contributed by atoms with Crippen LogP contribution in [0.1, 0.15) is 37.4 Å². The Kier molecular flexibility index (Phi) is 3.38. The molecular formula is C12H14F3NO. The predicted octanol–water partition coefficient (Wildman–Crippen LogP) is 3.08. The van der Waals surface area contributed by atoms with Crippen LogP contribution < -0.4 is 0 Å². The molecule has 1 aromatic heterocycles. The molecule has 1 aromatic rings. The highest BCUT2D eigenvalue weighted by atomic mass is 19.3. The highest BCUT2D eigenvalue weighted by Crippen LogP contribution is 2.41. The van der Waals surface area contributed by atoms with Crippen molar-refractivity contribution in [1.29, 1.82) is 0 Å². The molecule has 2 nitrogen and oxygen atoms in total. The van der Waals surface area contributed by atoms with Crippen molar-refractivity contribution in [2.24, 2.45) is 5.92 Å². The number of alkyl halides is 2. The highest BCUT2D eigenvalue weighted by molar-refractivity contribution is 5.14. The Morgan fingerprint density at radius 2 is 1.94 bits per heavy atom. The topological polar surface area (TPSA) is 33.1 Å². The van der Waals surface area contributed by atoms with Crippen LogP contribution in [0.3, 0.4) is 0 Å². The van der Waals surface area contributed by atoms with Crippen molar-refractivity contribution >= 4 is 0 Å². The number of pyridine rings is 1. The monoisotopic (exact) mass is 245 g/mol. The summed E-state index contributed by atoms with van der Waals surface area (Å²) >= 11 is 0. The lowest BCUT2D eigenvalue weighted by Crippen LogP contribution is -2.27. The average Bonchev–Trinajstić information content (AvgIpc) is 2.28. The minimum atomic E-state index is -2.61. The largest absolute Gasteiger partial charge is 0.388 e. The van der Waals surface area contributed by atoms with Gasteiger partial charge in [-0.05, 0) is 24.8 Å². The fourth-order valence-corrected chi connectivity index (χ4v) is 2.24. The zero-order valence-corrected chi connectivity index (χ0v) is 9.24. The molecule has 0 aromatic carbocycles. The van der Waals surface area contributed by atoms with Crippen LogP contribution in [-0.2, 0) is 0 Å². The van der Waals surface area contributed by atoms with Crippen LogP contribution in [-0.4, -0.2) is 16.0 Å². The molecule has 1 N–H and O–H groups in total. The van der Waals surface area contributed by atoms with E-state index in [4.69, 9.17) is 0 Å². The molecule has 1 aliphatic rings. The molecule has 0 bridgehead atoms. The molecule has 17 heavy (non-hydrogen) atoms. The van der Waals surface area contributed by atoms with E-state index in [-0.39, 0.29) is 31.6 Å². The van der Waals surface area contributed by atoms with E-state index in [2.05, 4.69) is 4.98 Å². The number of hydrogen-bond donors (Lipinski definition) is 1. The van der Waals surface area contributed by atoms with Crippen molar-refractivity contribution in [3.63, 3.8) is 0 Å². The molecular weight excluding hydrogens is 231 g/mol. The van der Waals surface area contributed by atoms with Crippen LogP contribution in [0.2, 0.25) is 0 Å². The van der Waals surface area contributed by atoms with Gasteiger partial charge in [-0.15, -0.1) is 0 Å².